The predicted molar refractivity (Wildman–Crippen MR) is 214 cm³/mol. The molecule has 0 aliphatic heterocycles. The van der Waals surface area contributed by atoms with E-state index in [4.69, 9.17) is 19.3 Å². The standard InChI is InChI=1S/C26H50O4.C18H34O4/c1-3-5-7-9-15-19-23-29-25(27)21-17-13-11-12-14-18-22-26(28)30-24-20-16-10-8-6-4-2;1-3-5-12-16(4-2)15-22-18(21)14-11-9-7-6-8-10-13-17(19)20/h3-24H2,1-2H3;16H,3-15H2,1-2H3,(H,19,20). The van der Waals surface area contributed by atoms with Gasteiger partial charge < -0.3 is 19.3 Å². The van der Waals surface area contributed by atoms with E-state index in [0.717, 1.165) is 103 Å². The number of esters is 3. The average molecular weight is 741 g/mol. The summed E-state index contributed by atoms with van der Waals surface area (Å²) in [6.45, 7) is 10.5. The summed E-state index contributed by atoms with van der Waals surface area (Å²) in [6.07, 6.45) is 33.0. The van der Waals surface area contributed by atoms with Crippen LogP contribution in [0.4, 0.5) is 0 Å². The van der Waals surface area contributed by atoms with Gasteiger partial charge in [0.25, 0.3) is 0 Å². The Morgan fingerprint density at radius 1 is 0.404 bits per heavy atom. The highest BCUT2D eigenvalue weighted by molar-refractivity contribution is 5.70. The summed E-state index contributed by atoms with van der Waals surface area (Å²) in [7, 11) is 0. The summed E-state index contributed by atoms with van der Waals surface area (Å²) in [6, 6.07) is 0. The van der Waals surface area contributed by atoms with Crippen LogP contribution in [0.25, 0.3) is 0 Å². The molecule has 0 spiro atoms. The van der Waals surface area contributed by atoms with Gasteiger partial charge >= 0.3 is 23.9 Å². The monoisotopic (exact) mass is 741 g/mol. The first-order chi connectivity index (χ1) is 25.3. The smallest absolute Gasteiger partial charge is 0.305 e. The van der Waals surface area contributed by atoms with Crippen molar-refractivity contribution in [2.45, 2.75) is 233 Å². The molecule has 0 bridgehead atoms. The Hall–Kier alpha value is -2.12. The minimum absolute atomic E-state index is 0.0448. The van der Waals surface area contributed by atoms with Crippen molar-refractivity contribution >= 4 is 23.9 Å². The number of carbonyl (C=O) groups is 4. The fourth-order valence-electron chi connectivity index (χ4n) is 5.96. The largest absolute Gasteiger partial charge is 0.481 e. The van der Waals surface area contributed by atoms with E-state index >= 15 is 0 Å². The van der Waals surface area contributed by atoms with Crippen molar-refractivity contribution in [2.24, 2.45) is 5.92 Å². The minimum atomic E-state index is -0.716. The van der Waals surface area contributed by atoms with Gasteiger partial charge in [-0.1, -0.05) is 163 Å². The zero-order chi connectivity index (χ0) is 38.8. The Morgan fingerprint density at radius 2 is 0.731 bits per heavy atom. The lowest BCUT2D eigenvalue weighted by atomic mass is 10.0. The summed E-state index contributed by atoms with van der Waals surface area (Å²) >= 11 is 0. The van der Waals surface area contributed by atoms with Crippen LogP contribution in [-0.4, -0.2) is 48.8 Å². The third-order valence-corrected chi connectivity index (χ3v) is 9.58. The maximum Gasteiger partial charge on any atom is 0.305 e. The molecule has 1 N–H and O–H groups in total. The molecule has 8 nitrogen and oxygen atoms in total. The second kappa shape index (κ2) is 43.3. The fraction of sp³-hybridized carbons (Fsp3) is 0.909. The number of carbonyl (C=O) groups excluding carboxylic acids is 3. The van der Waals surface area contributed by atoms with Crippen molar-refractivity contribution < 1.29 is 38.5 Å². The summed E-state index contributed by atoms with van der Waals surface area (Å²) in [4.78, 5) is 45.4. The van der Waals surface area contributed by atoms with Gasteiger partial charge in [-0.15, -0.1) is 0 Å². The van der Waals surface area contributed by atoms with E-state index in [1.165, 1.54) is 77.0 Å². The highest BCUT2D eigenvalue weighted by Gasteiger charge is 2.10. The predicted octanol–water partition coefficient (Wildman–Crippen LogP) is 12.9. The highest BCUT2D eigenvalue weighted by atomic mass is 16.5. The van der Waals surface area contributed by atoms with Gasteiger partial charge in [0.05, 0.1) is 19.8 Å². The van der Waals surface area contributed by atoms with Gasteiger partial charge in [-0.05, 0) is 50.9 Å². The Bertz CT molecular complexity index is 763. The third-order valence-electron chi connectivity index (χ3n) is 9.58. The average Bonchev–Trinajstić information content (AvgIpc) is 3.13. The number of ether oxygens (including phenoxy) is 3. The van der Waals surface area contributed by atoms with Crippen molar-refractivity contribution in [3.8, 4) is 0 Å². The SMILES string of the molecule is CCCCC(CC)COC(=O)CCCCCCCCC(=O)O.CCCCCCCCOC(=O)CCCCCCCCC(=O)OCCCCCCCC. The first kappa shape index (κ1) is 52.0. The van der Waals surface area contributed by atoms with E-state index in [2.05, 4.69) is 27.7 Å². The molecular formula is C44H84O8. The molecule has 0 aromatic rings. The lowest BCUT2D eigenvalue weighted by Gasteiger charge is -2.14. The molecule has 8 heteroatoms. The molecule has 1 atom stereocenters. The Labute approximate surface area is 320 Å². The zero-order valence-electron chi connectivity index (χ0n) is 34.6. The van der Waals surface area contributed by atoms with Gasteiger partial charge in [-0.2, -0.15) is 0 Å². The van der Waals surface area contributed by atoms with Gasteiger partial charge in [-0.3, -0.25) is 19.2 Å². The summed E-state index contributed by atoms with van der Waals surface area (Å²) in [5.41, 5.74) is 0. The lowest BCUT2D eigenvalue weighted by molar-refractivity contribution is -0.145. The maximum atomic E-state index is 11.7. The van der Waals surface area contributed by atoms with E-state index in [9.17, 15) is 19.2 Å². The molecule has 0 aromatic heterocycles. The van der Waals surface area contributed by atoms with E-state index in [0.29, 0.717) is 45.0 Å². The number of hydrogen-bond acceptors (Lipinski definition) is 7. The topological polar surface area (TPSA) is 116 Å². The molecule has 1 unspecified atom stereocenters. The molecule has 0 amide bonds. The summed E-state index contributed by atoms with van der Waals surface area (Å²) in [5, 5.41) is 8.52. The number of unbranched alkanes of at least 4 members (excludes halogenated alkanes) is 21. The summed E-state index contributed by atoms with van der Waals surface area (Å²) < 4.78 is 15.9. The van der Waals surface area contributed by atoms with Crippen LogP contribution in [0.15, 0.2) is 0 Å². The number of carboxylic acid groups (broad SMARTS) is 1. The molecule has 0 heterocycles. The lowest BCUT2D eigenvalue weighted by Crippen LogP contribution is -2.13. The molecule has 0 aromatic carbocycles. The van der Waals surface area contributed by atoms with Crippen LogP contribution >= 0.6 is 0 Å². The molecule has 0 aliphatic carbocycles. The van der Waals surface area contributed by atoms with E-state index in [1.807, 2.05) is 0 Å². The van der Waals surface area contributed by atoms with Gasteiger partial charge in [0.1, 0.15) is 0 Å². The normalized spacial score (nSPS) is 11.4. The van der Waals surface area contributed by atoms with Gasteiger partial charge in [0.15, 0.2) is 0 Å². The number of carboxylic acids is 1. The van der Waals surface area contributed by atoms with Gasteiger partial charge in [0, 0.05) is 25.7 Å². The molecule has 0 saturated carbocycles. The molecule has 308 valence electrons. The van der Waals surface area contributed by atoms with Crippen LogP contribution in [0.3, 0.4) is 0 Å². The second-order valence-corrected chi connectivity index (χ2v) is 14.7. The molecule has 0 radical (unpaired) electrons. The van der Waals surface area contributed by atoms with E-state index < -0.39 is 5.97 Å². The van der Waals surface area contributed by atoms with Crippen molar-refractivity contribution in [1.29, 1.82) is 0 Å². The van der Waals surface area contributed by atoms with Gasteiger partial charge in [-0.25, -0.2) is 0 Å². The Morgan fingerprint density at radius 3 is 1.10 bits per heavy atom. The molecule has 0 rings (SSSR count). The number of aliphatic carboxylic acids is 1. The van der Waals surface area contributed by atoms with E-state index in [-0.39, 0.29) is 24.3 Å². The first-order valence-corrected chi connectivity index (χ1v) is 22.0. The van der Waals surface area contributed by atoms with Crippen LogP contribution in [0.5, 0.6) is 0 Å². The van der Waals surface area contributed by atoms with Crippen molar-refractivity contribution in [1.82, 2.24) is 0 Å². The van der Waals surface area contributed by atoms with Crippen molar-refractivity contribution in [3.63, 3.8) is 0 Å². The zero-order valence-corrected chi connectivity index (χ0v) is 34.6. The van der Waals surface area contributed by atoms with Crippen molar-refractivity contribution in [2.75, 3.05) is 19.8 Å². The van der Waals surface area contributed by atoms with Crippen LogP contribution in [-0.2, 0) is 33.4 Å². The third kappa shape index (κ3) is 44.0. The molecule has 0 fully saturated rings. The molecule has 0 saturated heterocycles. The second-order valence-electron chi connectivity index (χ2n) is 14.7. The number of hydrogen-bond donors (Lipinski definition) is 1. The maximum absolute atomic E-state index is 11.7. The van der Waals surface area contributed by atoms with Crippen molar-refractivity contribution in [3.05, 3.63) is 0 Å². The molecular weight excluding hydrogens is 656 g/mol. The molecule has 0 aliphatic rings. The number of rotatable bonds is 38. The first-order valence-electron chi connectivity index (χ1n) is 22.0. The van der Waals surface area contributed by atoms with Crippen LogP contribution in [0.2, 0.25) is 0 Å². The minimum Gasteiger partial charge on any atom is -0.481 e. The van der Waals surface area contributed by atoms with Crippen LogP contribution in [0.1, 0.15) is 233 Å². The Kier molecular flexibility index (Phi) is 43.3. The fourth-order valence-corrected chi connectivity index (χ4v) is 5.96. The van der Waals surface area contributed by atoms with Gasteiger partial charge in [0.2, 0.25) is 0 Å². The quantitative estimate of drug-likeness (QED) is 0.0378. The Balaban J connectivity index is 0. The van der Waals surface area contributed by atoms with Crippen LogP contribution < -0.4 is 0 Å². The molecule has 52 heavy (non-hydrogen) atoms. The highest BCUT2D eigenvalue weighted by Crippen LogP contribution is 2.15. The summed E-state index contributed by atoms with van der Waals surface area (Å²) in [5.74, 6) is -0.362. The van der Waals surface area contributed by atoms with Crippen LogP contribution in [0, 0.1) is 5.92 Å². The van der Waals surface area contributed by atoms with E-state index in [1.54, 1.807) is 0 Å².